The van der Waals surface area contributed by atoms with E-state index < -0.39 is 18.6 Å². The molecule has 2 aromatic rings. The number of aliphatic carboxylic acids is 1. The number of ether oxygens (including phenoxy) is 1. The van der Waals surface area contributed by atoms with Gasteiger partial charge in [-0.05, 0) is 16.8 Å². The SMILES string of the molecule is NC(Cc1c(OC(F)F)ccc2ccccc12)C(=O)O. The predicted molar refractivity (Wildman–Crippen MR) is 69.9 cm³/mol. The van der Waals surface area contributed by atoms with Crippen molar-refractivity contribution in [3.05, 3.63) is 42.0 Å². The fourth-order valence-electron chi connectivity index (χ4n) is 2.04. The van der Waals surface area contributed by atoms with Crippen molar-refractivity contribution in [1.29, 1.82) is 0 Å². The fraction of sp³-hybridized carbons (Fsp3) is 0.214. The summed E-state index contributed by atoms with van der Waals surface area (Å²) in [4.78, 5) is 10.9. The van der Waals surface area contributed by atoms with Gasteiger partial charge in [-0.15, -0.1) is 0 Å². The van der Waals surface area contributed by atoms with Crippen LogP contribution in [0.2, 0.25) is 0 Å². The number of carbonyl (C=O) groups is 1. The lowest BCUT2D eigenvalue weighted by Gasteiger charge is -2.15. The summed E-state index contributed by atoms with van der Waals surface area (Å²) in [5.74, 6) is -1.24. The van der Waals surface area contributed by atoms with Crippen molar-refractivity contribution in [3.8, 4) is 5.75 Å². The molecule has 0 radical (unpaired) electrons. The molecule has 0 bridgehead atoms. The lowest BCUT2D eigenvalue weighted by molar-refractivity contribution is -0.138. The maximum Gasteiger partial charge on any atom is 0.387 e. The van der Waals surface area contributed by atoms with E-state index in [-0.39, 0.29) is 12.2 Å². The van der Waals surface area contributed by atoms with E-state index in [4.69, 9.17) is 10.8 Å². The molecule has 20 heavy (non-hydrogen) atoms. The third kappa shape index (κ3) is 3.03. The van der Waals surface area contributed by atoms with Gasteiger partial charge in [0.2, 0.25) is 0 Å². The Morgan fingerprint density at radius 1 is 1.25 bits per heavy atom. The third-order valence-electron chi connectivity index (χ3n) is 2.95. The number of carboxylic acids is 1. The number of hydrogen-bond donors (Lipinski definition) is 2. The van der Waals surface area contributed by atoms with Crippen LogP contribution in [0.1, 0.15) is 5.56 Å². The van der Waals surface area contributed by atoms with E-state index in [1.807, 2.05) is 0 Å². The number of nitrogens with two attached hydrogens (primary N) is 1. The molecule has 0 heterocycles. The van der Waals surface area contributed by atoms with Crippen LogP contribution < -0.4 is 10.5 Å². The summed E-state index contributed by atoms with van der Waals surface area (Å²) in [6, 6.07) is 8.93. The highest BCUT2D eigenvalue weighted by Gasteiger charge is 2.19. The average Bonchev–Trinajstić information content (AvgIpc) is 2.40. The minimum Gasteiger partial charge on any atom is -0.480 e. The van der Waals surface area contributed by atoms with Gasteiger partial charge in [-0.2, -0.15) is 8.78 Å². The maximum absolute atomic E-state index is 12.4. The van der Waals surface area contributed by atoms with Crippen molar-refractivity contribution in [2.45, 2.75) is 19.1 Å². The molecule has 0 aromatic heterocycles. The molecule has 0 saturated heterocycles. The van der Waals surface area contributed by atoms with Gasteiger partial charge >= 0.3 is 12.6 Å². The minimum atomic E-state index is -2.98. The van der Waals surface area contributed by atoms with E-state index in [1.165, 1.54) is 6.07 Å². The van der Waals surface area contributed by atoms with Crippen molar-refractivity contribution in [3.63, 3.8) is 0 Å². The Labute approximate surface area is 113 Å². The molecule has 0 aliphatic carbocycles. The zero-order valence-electron chi connectivity index (χ0n) is 10.4. The average molecular weight is 281 g/mol. The van der Waals surface area contributed by atoms with Crippen LogP contribution in [0.15, 0.2) is 36.4 Å². The lowest BCUT2D eigenvalue weighted by Crippen LogP contribution is -2.32. The largest absolute Gasteiger partial charge is 0.480 e. The molecular formula is C14H13F2NO3. The summed E-state index contributed by atoms with van der Waals surface area (Å²) in [6.07, 6.45) is -0.0846. The number of hydrogen-bond acceptors (Lipinski definition) is 3. The molecule has 106 valence electrons. The second kappa shape index (κ2) is 5.83. The van der Waals surface area contributed by atoms with Gasteiger partial charge < -0.3 is 15.6 Å². The van der Waals surface area contributed by atoms with E-state index in [0.717, 1.165) is 5.39 Å². The number of halogens is 2. The van der Waals surface area contributed by atoms with Crippen LogP contribution in [-0.2, 0) is 11.2 Å². The molecule has 2 aromatic carbocycles. The van der Waals surface area contributed by atoms with Crippen LogP contribution in [0, 0.1) is 0 Å². The monoisotopic (exact) mass is 281 g/mol. The molecule has 6 heteroatoms. The van der Waals surface area contributed by atoms with E-state index in [9.17, 15) is 13.6 Å². The molecular weight excluding hydrogens is 268 g/mol. The molecule has 3 N–H and O–H groups in total. The molecule has 0 aliphatic heterocycles. The van der Waals surface area contributed by atoms with E-state index in [1.54, 1.807) is 30.3 Å². The molecule has 0 amide bonds. The van der Waals surface area contributed by atoms with E-state index in [0.29, 0.717) is 10.9 Å². The summed E-state index contributed by atoms with van der Waals surface area (Å²) < 4.78 is 29.3. The number of benzene rings is 2. The van der Waals surface area contributed by atoms with Crippen LogP contribution in [0.4, 0.5) is 8.78 Å². The smallest absolute Gasteiger partial charge is 0.387 e. The molecule has 0 spiro atoms. The fourth-order valence-corrected chi connectivity index (χ4v) is 2.04. The Bertz CT molecular complexity index is 631. The highest BCUT2D eigenvalue weighted by atomic mass is 19.3. The highest BCUT2D eigenvalue weighted by molar-refractivity contribution is 5.88. The summed E-state index contributed by atoms with van der Waals surface area (Å²) in [6.45, 7) is -2.98. The van der Waals surface area contributed by atoms with Gasteiger partial charge in [-0.25, -0.2) is 0 Å². The highest BCUT2D eigenvalue weighted by Crippen LogP contribution is 2.30. The molecule has 4 nitrogen and oxygen atoms in total. The van der Waals surface area contributed by atoms with Crippen LogP contribution in [-0.4, -0.2) is 23.7 Å². The minimum absolute atomic E-state index is 0.0459. The number of fused-ring (bicyclic) bond motifs is 1. The van der Waals surface area contributed by atoms with Crippen LogP contribution >= 0.6 is 0 Å². The Kier molecular flexibility index (Phi) is 4.14. The van der Waals surface area contributed by atoms with Gasteiger partial charge in [-0.1, -0.05) is 30.3 Å². The Hall–Kier alpha value is -2.21. The second-order valence-corrected chi connectivity index (χ2v) is 4.29. The Morgan fingerprint density at radius 2 is 1.95 bits per heavy atom. The Morgan fingerprint density at radius 3 is 2.60 bits per heavy atom. The molecule has 0 saturated carbocycles. The lowest BCUT2D eigenvalue weighted by atomic mass is 9.98. The van der Waals surface area contributed by atoms with Crippen LogP contribution in [0.25, 0.3) is 10.8 Å². The molecule has 2 rings (SSSR count). The molecule has 1 atom stereocenters. The van der Waals surface area contributed by atoms with Crippen LogP contribution in [0.5, 0.6) is 5.75 Å². The third-order valence-corrected chi connectivity index (χ3v) is 2.95. The van der Waals surface area contributed by atoms with Crippen molar-refractivity contribution in [2.75, 3.05) is 0 Å². The van der Waals surface area contributed by atoms with Gasteiger partial charge in [0.15, 0.2) is 0 Å². The number of rotatable bonds is 5. The first kappa shape index (κ1) is 14.2. The number of carboxylic acid groups (broad SMARTS) is 1. The molecule has 1 unspecified atom stereocenters. The van der Waals surface area contributed by atoms with Crippen molar-refractivity contribution in [2.24, 2.45) is 5.73 Å². The maximum atomic E-state index is 12.4. The topological polar surface area (TPSA) is 72.5 Å². The summed E-state index contributed by atoms with van der Waals surface area (Å²) >= 11 is 0. The van der Waals surface area contributed by atoms with Gasteiger partial charge in [0.25, 0.3) is 0 Å². The summed E-state index contributed by atoms with van der Waals surface area (Å²) in [5.41, 5.74) is 5.87. The normalized spacial score (nSPS) is 12.6. The zero-order chi connectivity index (χ0) is 14.7. The van der Waals surface area contributed by atoms with Crippen molar-refractivity contribution in [1.82, 2.24) is 0 Å². The first-order chi connectivity index (χ1) is 9.49. The predicted octanol–water partition coefficient (Wildman–Crippen LogP) is 2.40. The second-order valence-electron chi connectivity index (χ2n) is 4.29. The Balaban J connectivity index is 2.52. The number of alkyl halides is 2. The van der Waals surface area contributed by atoms with Gasteiger partial charge in [0.1, 0.15) is 11.8 Å². The standard InChI is InChI=1S/C14H13F2NO3/c15-14(16)20-12-6-5-8-3-1-2-4-9(8)10(12)7-11(17)13(18)19/h1-6,11,14H,7,17H2,(H,18,19). The first-order valence-electron chi connectivity index (χ1n) is 5.93. The quantitative estimate of drug-likeness (QED) is 0.882. The van der Waals surface area contributed by atoms with Gasteiger partial charge in [-0.3, -0.25) is 4.79 Å². The van der Waals surface area contributed by atoms with Gasteiger partial charge in [0, 0.05) is 12.0 Å². The van der Waals surface area contributed by atoms with Crippen molar-refractivity contribution >= 4 is 16.7 Å². The van der Waals surface area contributed by atoms with Gasteiger partial charge in [0.05, 0.1) is 0 Å². The summed E-state index contributed by atoms with van der Waals surface area (Å²) in [7, 11) is 0. The van der Waals surface area contributed by atoms with E-state index >= 15 is 0 Å². The first-order valence-corrected chi connectivity index (χ1v) is 5.93. The van der Waals surface area contributed by atoms with Crippen molar-refractivity contribution < 1.29 is 23.4 Å². The molecule has 0 aliphatic rings. The van der Waals surface area contributed by atoms with Crippen LogP contribution in [0.3, 0.4) is 0 Å². The zero-order valence-corrected chi connectivity index (χ0v) is 10.4. The van der Waals surface area contributed by atoms with E-state index in [2.05, 4.69) is 4.74 Å². The summed E-state index contributed by atoms with van der Waals surface area (Å²) in [5, 5.41) is 10.3. The molecule has 0 fully saturated rings.